The van der Waals surface area contributed by atoms with Gasteiger partial charge < -0.3 is 10.1 Å². The zero-order valence-corrected chi connectivity index (χ0v) is 12.7. The fraction of sp³-hybridized carbons (Fsp3) is 0.467. The van der Waals surface area contributed by atoms with E-state index in [1.807, 2.05) is 33.9 Å². The molecule has 2 rings (SSSR count). The van der Waals surface area contributed by atoms with Crippen molar-refractivity contribution in [1.29, 1.82) is 0 Å². The molecule has 0 aliphatic heterocycles. The van der Waals surface area contributed by atoms with Gasteiger partial charge >= 0.3 is 0 Å². The van der Waals surface area contributed by atoms with Gasteiger partial charge in [-0.05, 0) is 40.0 Å². The number of thiophene rings is 1. The first-order valence-corrected chi connectivity index (χ1v) is 7.21. The average Bonchev–Trinajstić information content (AvgIpc) is 2.65. The lowest BCUT2D eigenvalue weighted by Gasteiger charge is -2.20. The van der Waals surface area contributed by atoms with E-state index in [1.165, 1.54) is 6.07 Å². The predicted molar refractivity (Wildman–Crippen MR) is 79.1 cm³/mol. The molecule has 0 spiro atoms. The Hall–Kier alpha value is -0.970. The molecule has 1 aromatic carbocycles. The van der Waals surface area contributed by atoms with E-state index in [4.69, 9.17) is 4.74 Å². The van der Waals surface area contributed by atoms with Crippen LogP contribution in [0.1, 0.15) is 31.2 Å². The Labute approximate surface area is 117 Å². The van der Waals surface area contributed by atoms with Crippen molar-refractivity contribution in [1.82, 2.24) is 5.32 Å². The van der Waals surface area contributed by atoms with Gasteiger partial charge in [-0.1, -0.05) is 6.07 Å². The maximum absolute atomic E-state index is 14.1. The summed E-state index contributed by atoms with van der Waals surface area (Å²) in [4.78, 5) is 1.15. The molecule has 2 nitrogen and oxygen atoms in total. The van der Waals surface area contributed by atoms with Crippen LogP contribution >= 0.6 is 11.3 Å². The summed E-state index contributed by atoms with van der Waals surface area (Å²) >= 11 is 1.63. The molecule has 19 heavy (non-hydrogen) atoms. The molecule has 1 heterocycles. The minimum atomic E-state index is -0.226. The molecule has 0 saturated heterocycles. The predicted octanol–water partition coefficient (Wildman–Crippen LogP) is 4.07. The van der Waals surface area contributed by atoms with Gasteiger partial charge in [0.25, 0.3) is 0 Å². The number of hydrogen-bond acceptors (Lipinski definition) is 3. The van der Waals surface area contributed by atoms with Gasteiger partial charge in [0.2, 0.25) is 0 Å². The van der Waals surface area contributed by atoms with Gasteiger partial charge in [-0.2, -0.15) is 0 Å². The van der Waals surface area contributed by atoms with Crippen LogP contribution in [0, 0.1) is 5.82 Å². The molecule has 0 atom stereocenters. The molecule has 0 amide bonds. The van der Waals surface area contributed by atoms with Crippen molar-refractivity contribution in [2.24, 2.45) is 0 Å². The molecule has 0 unspecified atom stereocenters. The summed E-state index contributed by atoms with van der Waals surface area (Å²) < 4.78 is 20.9. The van der Waals surface area contributed by atoms with Crippen LogP contribution in [-0.4, -0.2) is 12.6 Å². The van der Waals surface area contributed by atoms with E-state index in [2.05, 4.69) is 5.32 Å². The number of halogens is 1. The molecule has 4 heteroatoms. The van der Waals surface area contributed by atoms with Crippen molar-refractivity contribution in [2.75, 3.05) is 7.05 Å². The summed E-state index contributed by atoms with van der Waals surface area (Å²) in [7, 11) is 1.90. The van der Waals surface area contributed by atoms with Crippen LogP contribution < -0.4 is 5.32 Å². The second-order valence-electron chi connectivity index (χ2n) is 5.55. The third-order valence-corrected chi connectivity index (χ3v) is 4.03. The summed E-state index contributed by atoms with van der Waals surface area (Å²) in [5.74, 6) is -0.163. The van der Waals surface area contributed by atoms with Crippen LogP contribution in [0.4, 0.5) is 4.39 Å². The van der Waals surface area contributed by atoms with Crippen LogP contribution in [0.3, 0.4) is 0 Å². The number of nitrogens with one attached hydrogen (secondary N) is 1. The monoisotopic (exact) mass is 281 g/mol. The van der Waals surface area contributed by atoms with Crippen molar-refractivity contribution in [3.8, 4) is 0 Å². The molecular weight excluding hydrogens is 261 g/mol. The minimum Gasteiger partial charge on any atom is -0.371 e. The fourth-order valence-corrected chi connectivity index (χ4v) is 3.20. The van der Waals surface area contributed by atoms with Crippen LogP contribution in [0.5, 0.6) is 0 Å². The Kier molecular flexibility index (Phi) is 4.23. The Balaban J connectivity index is 2.45. The van der Waals surface area contributed by atoms with Gasteiger partial charge in [0, 0.05) is 27.1 Å². The Morgan fingerprint density at radius 3 is 2.68 bits per heavy atom. The van der Waals surface area contributed by atoms with Gasteiger partial charge in [-0.15, -0.1) is 11.3 Å². The quantitative estimate of drug-likeness (QED) is 0.912. The zero-order chi connectivity index (χ0) is 14.0. The van der Waals surface area contributed by atoms with Crippen molar-refractivity contribution in [2.45, 2.75) is 39.5 Å². The highest BCUT2D eigenvalue weighted by molar-refractivity contribution is 7.19. The number of rotatable bonds is 4. The molecule has 0 fully saturated rings. The average molecular weight is 281 g/mol. The first-order chi connectivity index (χ1) is 8.92. The first-order valence-electron chi connectivity index (χ1n) is 6.39. The third kappa shape index (κ3) is 3.32. The molecule has 0 aliphatic carbocycles. The molecule has 2 aromatic rings. The van der Waals surface area contributed by atoms with Crippen molar-refractivity contribution in [3.05, 3.63) is 34.5 Å². The highest BCUT2D eigenvalue weighted by Gasteiger charge is 2.18. The Morgan fingerprint density at radius 2 is 2.05 bits per heavy atom. The summed E-state index contributed by atoms with van der Waals surface area (Å²) in [6.45, 7) is 7.21. The van der Waals surface area contributed by atoms with Gasteiger partial charge in [0.1, 0.15) is 5.82 Å². The summed E-state index contributed by atoms with van der Waals surface area (Å²) in [5.41, 5.74) is 0.749. The highest BCUT2D eigenvalue weighted by atomic mass is 32.1. The second kappa shape index (κ2) is 5.57. The largest absolute Gasteiger partial charge is 0.371 e. The summed E-state index contributed by atoms with van der Waals surface area (Å²) in [5, 5.41) is 3.84. The van der Waals surface area contributed by atoms with Crippen molar-refractivity contribution < 1.29 is 9.13 Å². The van der Waals surface area contributed by atoms with E-state index >= 15 is 0 Å². The lowest BCUT2D eigenvalue weighted by Crippen LogP contribution is -2.19. The minimum absolute atomic E-state index is 0.163. The number of hydrogen-bond donors (Lipinski definition) is 1. The van der Waals surface area contributed by atoms with Crippen LogP contribution in [0.2, 0.25) is 0 Å². The summed E-state index contributed by atoms with van der Waals surface area (Å²) in [6, 6.07) is 5.23. The van der Waals surface area contributed by atoms with E-state index < -0.39 is 0 Å². The second-order valence-corrected chi connectivity index (χ2v) is 6.68. The first kappa shape index (κ1) is 14.4. The van der Waals surface area contributed by atoms with E-state index in [1.54, 1.807) is 17.4 Å². The van der Waals surface area contributed by atoms with Gasteiger partial charge in [-0.25, -0.2) is 4.39 Å². The lowest BCUT2D eigenvalue weighted by molar-refractivity contribution is -0.0146. The van der Waals surface area contributed by atoms with E-state index in [-0.39, 0.29) is 11.4 Å². The molecule has 1 N–H and O–H groups in total. The molecular formula is C15H20FNOS. The Bertz CT molecular complexity index is 571. The standard InChI is InChI=1S/C15H20FNOS/c1-15(2,3)18-9-10-13(8-17-4)19-12-7-5-6-11(16)14(10)12/h5-7,17H,8-9H2,1-4H3. The molecule has 104 valence electrons. The molecule has 1 aromatic heterocycles. The number of fused-ring (bicyclic) bond motifs is 1. The SMILES string of the molecule is CNCc1sc2cccc(F)c2c1COC(C)(C)C. The normalized spacial score (nSPS) is 12.3. The number of benzene rings is 1. The third-order valence-electron chi connectivity index (χ3n) is 2.83. The highest BCUT2D eigenvalue weighted by Crippen LogP contribution is 2.34. The van der Waals surface area contributed by atoms with E-state index in [9.17, 15) is 4.39 Å². The van der Waals surface area contributed by atoms with Crippen LogP contribution in [0.15, 0.2) is 18.2 Å². The van der Waals surface area contributed by atoms with Gasteiger partial charge in [0.15, 0.2) is 0 Å². The Morgan fingerprint density at radius 1 is 1.32 bits per heavy atom. The molecule has 0 bridgehead atoms. The fourth-order valence-electron chi connectivity index (χ4n) is 1.96. The molecule has 0 radical (unpaired) electrons. The molecule has 0 aliphatic rings. The molecule has 0 saturated carbocycles. The maximum Gasteiger partial charge on any atom is 0.132 e. The zero-order valence-electron chi connectivity index (χ0n) is 11.8. The van der Waals surface area contributed by atoms with Gasteiger partial charge in [-0.3, -0.25) is 0 Å². The maximum atomic E-state index is 14.1. The number of ether oxygens (including phenoxy) is 1. The van der Waals surface area contributed by atoms with Crippen molar-refractivity contribution in [3.63, 3.8) is 0 Å². The van der Waals surface area contributed by atoms with E-state index in [0.29, 0.717) is 12.0 Å². The van der Waals surface area contributed by atoms with E-state index in [0.717, 1.165) is 21.7 Å². The van der Waals surface area contributed by atoms with Gasteiger partial charge in [0.05, 0.1) is 12.2 Å². The van der Waals surface area contributed by atoms with Crippen LogP contribution in [-0.2, 0) is 17.9 Å². The smallest absolute Gasteiger partial charge is 0.132 e. The topological polar surface area (TPSA) is 21.3 Å². The van der Waals surface area contributed by atoms with Crippen molar-refractivity contribution >= 4 is 21.4 Å². The lowest BCUT2D eigenvalue weighted by atomic mass is 10.1. The van der Waals surface area contributed by atoms with Crippen LogP contribution in [0.25, 0.3) is 10.1 Å². The summed E-state index contributed by atoms with van der Waals surface area (Å²) in [6.07, 6.45) is 0.